The smallest absolute Gasteiger partial charge is 0.241 e. The molecule has 4 aromatic heterocycles. The molecule has 0 saturated heterocycles. The Kier molecular flexibility index (Phi) is 4.02. The molecule has 1 N–H and O–H groups in total. The zero-order valence-electron chi connectivity index (χ0n) is 14.1. The molecule has 4 aromatic rings. The van der Waals surface area contributed by atoms with Crippen LogP contribution in [0.1, 0.15) is 13.8 Å². The van der Waals surface area contributed by atoms with E-state index in [2.05, 4.69) is 25.4 Å². The number of nitrogens with one attached hydrogen (secondary N) is 1. The van der Waals surface area contributed by atoms with E-state index in [0.717, 1.165) is 16.6 Å². The van der Waals surface area contributed by atoms with Crippen molar-refractivity contribution in [3.05, 3.63) is 43.2 Å². The second-order valence-electron chi connectivity index (χ2n) is 5.96. The average Bonchev–Trinajstić information content (AvgIpc) is 3.24. The van der Waals surface area contributed by atoms with Crippen LogP contribution in [0.5, 0.6) is 0 Å². The third-order valence-electron chi connectivity index (χ3n) is 3.81. The number of rotatable bonds is 6. The third-order valence-corrected chi connectivity index (χ3v) is 3.81. The van der Waals surface area contributed by atoms with Crippen molar-refractivity contribution in [3.8, 4) is 11.1 Å². The molecule has 0 aliphatic heterocycles. The van der Waals surface area contributed by atoms with Gasteiger partial charge in [-0.3, -0.25) is 4.40 Å². The topological polar surface area (TPSA) is 81.6 Å². The number of aromatic nitrogens is 6. The van der Waals surface area contributed by atoms with Crippen LogP contribution in [0.4, 0.5) is 5.95 Å². The van der Waals surface area contributed by atoms with Crippen LogP contribution in [0.3, 0.4) is 0 Å². The Morgan fingerprint density at radius 3 is 2.96 bits per heavy atom. The summed E-state index contributed by atoms with van der Waals surface area (Å²) in [5, 5.41) is 7.66. The molecule has 8 nitrogen and oxygen atoms in total. The van der Waals surface area contributed by atoms with Gasteiger partial charge in [-0.25, -0.2) is 19.5 Å². The highest BCUT2D eigenvalue weighted by atomic mass is 16.5. The van der Waals surface area contributed by atoms with Crippen LogP contribution in [-0.2, 0) is 4.74 Å². The zero-order chi connectivity index (χ0) is 17.2. The van der Waals surface area contributed by atoms with Crippen molar-refractivity contribution < 1.29 is 4.74 Å². The minimum absolute atomic E-state index is 0.221. The lowest BCUT2D eigenvalue weighted by atomic mass is 10.1. The molecule has 0 atom stereocenters. The molecule has 0 unspecified atom stereocenters. The Labute approximate surface area is 144 Å². The van der Waals surface area contributed by atoms with Crippen molar-refractivity contribution in [2.24, 2.45) is 0 Å². The van der Waals surface area contributed by atoms with Gasteiger partial charge in [0.2, 0.25) is 11.7 Å². The van der Waals surface area contributed by atoms with E-state index in [-0.39, 0.29) is 6.10 Å². The maximum atomic E-state index is 5.50. The van der Waals surface area contributed by atoms with Crippen molar-refractivity contribution in [2.75, 3.05) is 18.5 Å². The highest BCUT2D eigenvalue weighted by molar-refractivity contribution is 5.79. The molecule has 4 rings (SSSR count). The van der Waals surface area contributed by atoms with Crippen LogP contribution >= 0.6 is 0 Å². The largest absolute Gasteiger partial charge is 0.377 e. The van der Waals surface area contributed by atoms with Gasteiger partial charge in [-0.05, 0) is 19.9 Å². The lowest BCUT2D eigenvalue weighted by molar-refractivity contribution is 0.0869. The molecule has 0 bridgehead atoms. The quantitative estimate of drug-likeness (QED) is 0.544. The van der Waals surface area contributed by atoms with Crippen molar-refractivity contribution in [2.45, 2.75) is 20.0 Å². The Bertz CT molecular complexity index is 1000. The van der Waals surface area contributed by atoms with Crippen LogP contribution < -0.4 is 5.32 Å². The molecule has 0 spiro atoms. The van der Waals surface area contributed by atoms with Crippen LogP contribution in [-0.4, -0.2) is 48.2 Å². The number of anilines is 1. The van der Waals surface area contributed by atoms with Gasteiger partial charge in [0.1, 0.15) is 0 Å². The summed E-state index contributed by atoms with van der Waals surface area (Å²) in [5.41, 5.74) is 2.94. The Hall–Kier alpha value is -3.00. The van der Waals surface area contributed by atoms with Crippen molar-refractivity contribution >= 4 is 17.2 Å². The standard InChI is InChI=1S/C17H19N7O/c1-12(2)25-8-5-18-16-20-10-15-14(3-6-24(15)22-16)13-9-21-17-19-4-7-23(17)11-13/h3-4,6-7,9-12H,5,8H2,1-2H3,(H,18,22). The molecule has 0 aliphatic rings. The van der Waals surface area contributed by atoms with Gasteiger partial charge in [-0.15, -0.1) is 5.10 Å². The van der Waals surface area contributed by atoms with E-state index in [1.807, 2.05) is 59.8 Å². The minimum Gasteiger partial charge on any atom is -0.377 e. The Morgan fingerprint density at radius 1 is 1.16 bits per heavy atom. The SMILES string of the molecule is CC(C)OCCNc1ncc2c(-c3cnc4nccn4c3)ccn2n1. The maximum Gasteiger partial charge on any atom is 0.241 e. The van der Waals surface area contributed by atoms with Crippen molar-refractivity contribution in [3.63, 3.8) is 0 Å². The first-order valence-corrected chi connectivity index (χ1v) is 8.19. The second kappa shape index (κ2) is 6.48. The monoisotopic (exact) mass is 337 g/mol. The lowest BCUT2D eigenvalue weighted by Crippen LogP contribution is -2.15. The molecule has 25 heavy (non-hydrogen) atoms. The summed E-state index contributed by atoms with van der Waals surface area (Å²) in [5.74, 6) is 1.25. The molecule has 0 aromatic carbocycles. The number of fused-ring (bicyclic) bond motifs is 2. The average molecular weight is 337 g/mol. The number of hydrogen-bond donors (Lipinski definition) is 1. The predicted octanol–water partition coefficient (Wildman–Crippen LogP) is 2.28. The van der Waals surface area contributed by atoms with Gasteiger partial charge in [-0.2, -0.15) is 0 Å². The number of ether oxygens (including phenoxy) is 1. The van der Waals surface area contributed by atoms with Gasteiger partial charge in [-0.1, -0.05) is 0 Å². The fraction of sp³-hybridized carbons (Fsp3) is 0.294. The van der Waals surface area contributed by atoms with Gasteiger partial charge in [0.15, 0.2) is 0 Å². The zero-order valence-corrected chi connectivity index (χ0v) is 14.1. The molecule has 0 amide bonds. The summed E-state index contributed by atoms with van der Waals surface area (Å²) in [6.07, 6.45) is 11.4. The van der Waals surface area contributed by atoms with Gasteiger partial charge < -0.3 is 10.1 Å². The predicted molar refractivity (Wildman–Crippen MR) is 94.5 cm³/mol. The summed E-state index contributed by atoms with van der Waals surface area (Å²) in [6.45, 7) is 5.31. The van der Waals surface area contributed by atoms with E-state index in [4.69, 9.17) is 4.74 Å². The van der Waals surface area contributed by atoms with E-state index < -0.39 is 0 Å². The fourth-order valence-corrected chi connectivity index (χ4v) is 2.64. The molecule has 4 heterocycles. The van der Waals surface area contributed by atoms with Crippen molar-refractivity contribution in [1.29, 1.82) is 0 Å². The molecule has 0 aliphatic carbocycles. The molecule has 0 fully saturated rings. The van der Waals surface area contributed by atoms with E-state index in [0.29, 0.717) is 24.9 Å². The van der Waals surface area contributed by atoms with Gasteiger partial charge in [0.05, 0.1) is 24.4 Å². The molecule has 8 heteroatoms. The summed E-state index contributed by atoms with van der Waals surface area (Å²) in [7, 11) is 0. The Balaban J connectivity index is 1.57. The number of nitrogens with zero attached hydrogens (tertiary/aromatic N) is 6. The normalized spacial score (nSPS) is 11.6. The Morgan fingerprint density at radius 2 is 2.08 bits per heavy atom. The van der Waals surface area contributed by atoms with E-state index >= 15 is 0 Å². The highest BCUT2D eigenvalue weighted by Gasteiger charge is 2.09. The van der Waals surface area contributed by atoms with Gasteiger partial charge in [0.25, 0.3) is 0 Å². The summed E-state index contributed by atoms with van der Waals surface area (Å²) >= 11 is 0. The van der Waals surface area contributed by atoms with E-state index in [9.17, 15) is 0 Å². The number of imidazole rings is 1. The van der Waals surface area contributed by atoms with Crippen molar-refractivity contribution in [1.82, 2.24) is 29.0 Å². The van der Waals surface area contributed by atoms with Gasteiger partial charge >= 0.3 is 0 Å². The first-order valence-electron chi connectivity index (χ1n) is 8.19. The molecule has 0 saturated carbocycles. The summed E-state index contributed by atoms with van der Waals surface area (Å²) in [6, 6.07) is 2.01. The van der Waals surface area contributed by atoms with Crippen LogP contribution in [0, 0.1) is 0 Å². The minimum atomic E-state index is 0.221. The third kappa shape index (κ3) is 3.16. The van der Waals surface area contributed by atoms with E-state index in [1.165, 1.54) is 0 Å². The van der Waals surface area contributed by atoms with E-state index in [1.54, 1.807) is 6.20 Å². The fourth-order valence-electron chi connectivity index (χ4n) is 2.64. The summed E-state index contributed by atoms with van der Waals surface area (Å²) in [4.78, 5) is 12.9. The molecule has 128 valence electrons. The van der Waals surface area contributed by atoms with Crippen LogP contribution in [0.2, 0.25) is 0 Å². The maximum absolute atomic E-state index is 5.50. The first kappa shape index (κ1) is 15.5. The lowest BCUT2D eigenvalue weighted by Gasteiger charge is -2.08. The summed E-state index contributed by atoms with van der Waals surface area (Å²) < 4.78 is 9.21. The molecule has 0 radical (unpaired) electrons. The van der Waals surface area contributed by atoms with Crippen LogP contribution in [0.15, 0.2) is 43.2 Å². The number of hydrogen-bond acceptors (Lipinski definition) is 6. The van der Waals surface area contributed by atoms with Crippen LogP contribution in [0.25, 0.3) is 22.4 Å². The van der Waals surface area contributed by atoms with Gasteiger partial charge in [0, 0.05) is 48.7 Å². The molecular weight excluding hydrogens is 318 g/mol. The first-order chi connectivity index (χ1) is 12.2. The second-order valence-corrected chi connectivity index (χ2v) is 5.96. The highest BCUT2D eigenvalue weighted by Crippen LogP contribution is 2.24. The molecular formula is C17H19N7O.